The van der Waals surface area contributed by atoms with Gasteiger partial charge in [-0.1, -0.05) is 42.5 Å². The van der Waals surface area contributed by atoms with Crippen molar-refractivity contribution in [2.45, 2.75) is 19.0 Å². The average molecular weight is 376 g/mol. The lowest BCUT2D eigenvalue weighted by atomic mass is 10.0. The Morgan fingerprint density at radius 3 is 2.64 bits per heavy atom. The molecular weight excluding hydrogens is 352 g/mol. The molecule has 28 heavy (non-hydrogen) atoms. The highest BCUT2D eigenvalue weighted by atomic mass is 16.2. The molecule has 1 aliphatic rings. The molecule has 1 aromatic heterocycles. The van der Waals surface area contributed by atoms with Crippen LogP contribution < -0.4 is 5.43 Å². The van der Waals surface area contributed by atoms with E-state index in [1.165, 1.54) is 6.20 Å². The van der Waals surface area contributed by atoms with Gasteiger partial charge in [-0.25, -0.2) is 0 Å². The second-order valence-corrected chi connectivity index (χ2v) is 7.27. The summed E-state index contributed by atoms with van der Waals surface area (Å²) < 4.78 is 1.75. The third-order valence-electron chi connectivity index (χ3n) is 5.39. The standard InChI is InChI=1S/C22H24N4O2/c1-24-13-14-25(20(16-24)17-7-3-2-4-8-17)22(28)11-12-26-19-10-6-5-9-18(19)21(27)15-23-26/h2-10,15,20H,11-14,16H2,1H3. The number of nitrogens with zero attached hydrogens (tertiary/aromatic N) is 4. The number of para-hydroxylation sites is 1. The molecule has 3 aromatic rings. The molecule has 6 nitrogen and oxygen atoms in total. The Morgan fingerprint density at radius 2 is 1.82 bits per heavy atom. The summed E-state index contributed by atoms with van der Waals surface area (Å²) in [5.41, 5.74) is 1.83. The molecule has 0 bridgehead atoms. The van der Waals surface area contributed by atoms with E-state index in [0.717, 1.165) is 24.2 Å². The second kappa shape index (κ2) is 7.94. The van der Waals surface area contributed by atoms with Gasteiger partial charge in [0.2, 0.25) is 11.3 Å². The van der Waals surface area contributed by atoms with E-state index in [9.17, 15) is 9.59 Å². The molecule has 0 saturated carbocycles. The van der Waals surface area contributed by atoms with Gasteiger partial charge in [0.1, 0.15) is 0 Å². The van der Waals surface area contributed by atoms with E-state index in [1.807, 2.05) is 41.3 Å². The average Bonchev–Trinajstić information content (AvgIpc) is 2.74. The number of likely N-dealkylation sites (N-methyl/N-ethyl adjacent to an activating group) is 1. The molecule has 0 N–H and O–H groups in total. The minimum Gasteiger partial charge on any atom is -0.333 e. The summed E-state index contributed by atoms with van der Waals surface area (Å²) in [5, 5.41) is 4.87. The number of hydrogen-bond acceptors (Lipinski definition) is 4. The topological polar surface area (TPSA) is 58.4 Å². The summed E-state index contributed by atoms with van der Waals surface area (Å²) in [6, 6.07) is 17.6. The van der Waals surface area contributed by atoms with Crippen LogP contribution in [0.15, 0.2) is 65.6 Å². The van der Waals surface area contributed by atoms with Crippen LogP contribution >= 0.6 is 0 Å². The minimum absolute atomic E-state index is 0.0613. The molecule has 0 spiro atoms. The van der Waals surface area contributed by atoms with Gasteiger partial charge in [-0.2, -0.15) is 5.10 Å². The van der Waals surface area contributed by atoms with Crippen LogP contribution in [0, 0.1) is 0 Å². The molecule has 2 heterocycles. The number of rotatable bonds is 4. The van der Waals surface area contributed by atoms with Crippen molar-refractivity contribution < 1.29 is 4.79 Å². The summed E-state index contributed by atoms with van der Waals surface area (Å²) >= 11 is 0. The molecule has 2 aromatic carbocycles. The number of fused-ring (bicyclic) bond motifs is 1. The molecule has 0 aliphatic carbocycles. The van der Waals surface area contributed by atoms with Gasteiger partial charge in [0.05, 0.1) is 24.3 Å². The van der Waals surface area contributed by atoms with Crippen LogP contribution in [-0.4, -0.2) is 52.2 Å². The first-order chi connectivity index (χ1) is 13.6. The minimum atomic E-state index is -0.0959. The van der Waals surface area contributed by atoms with Gasteiger partial charge >= 0.3 is 0 Å². The van der Waals surface area contributed by atoms with Crippen LogP contribution in [0.4, 0.5) is 0 Å². The molecule has 1 unspecified atom stereocenters. The number of carbonyl (C=O) groups excluding carboxylic acids is 1. The lowest BCUT2D eigenvalue weighted by Gasteiger charge is -2.40. The summed E-state index contributed by atoms with van der Waals surface area (Å²) in [5.74, 6) is 0.117. The largest absolute Gasteiger partial charge is 0.333 e. The van der Waals surface area contributed by atoms with Gasteiger partial charge in [0, 0.05) is 31.4 Å². The van der Waals surface area contributed by atoms with Crippen molar-refractivity contribution in [2.75, 3.05) is 26.7 Å². The third-order valence-corrected chi connectivity index (χ3v) is 5.39. The van der Waals surface area contributed by atoms with Crippen LogP contribution in [0.3, 0.4) is 0 Å². The SMILES string of the molecule is CN1CCN(C(=O)CCn2ncc(=O)c3ccccc32)C(c2ccccc2)C1. The zero-order valence-electron chi connectivity index (χ0n) is 16.0. The second-order valence-electron chi connectivity index (χ2n) is 7.27. The number of aryl methyl sites for hydroxylation is 1. The molecule has 1 amide bonds. The van der Waals surface area contributed by atoms with E-state index in [1.54, 1.807) is 10.7 Å². The van der Waals surface area contributed by atoms with E-state index in [0.29, 0.717) is 24.9 Å². The lowest BCUT2D eigenvalue weighted by Crippen LogP contribution is -2.49. The Balaban J connectivity index is 1.53. The van der Waals surface area contributed by atoms with Gasteiger partial charge in [-0.3, -0.25) is 14.3 Å². The van der Waals surface area contributed by atoms with Gasteiger partial charge in [-0.05, 0) is 24.7 Å². The van der Waals surface area contributed by atoms with E-state index < -0.39 is 0 Å². The number of hydrogen-bond donors (Lipinski definition) is 0. The van der Waals surface area contributed by atoms with Crippen molar-refractivity contribution in [1.29, 1.82) is 0 Å². The Bertz CT molecular complexity index is 1030. The summed E-state index contributed by atoms with van der Waals surface area (Å²) in [4.78, 5) is 29.3. The fourth-order valence-electron chi connectivity index (χ4n) is 3.86. The third kappa shape index (κ3) is 3.68. The zero-order chi connectivity index (χ0) is 19.5. The monoisotopic (exact) mass is 376 g/mol. The first kappa shape index (κ1) is 18.4. The molecule has 0 radical (unpaired) electrons. The molecule has 1 saturated heterocycles. The predicted molar refractivity (Wildman–Crippen MR) is 109 cm³/mol. The number of benzene rings is 2. The Kier molecular flexibility index (Phi) is 5.21. The van der Waals surface area contributed by atoms with Gasteiger partial charge in [-0.15, -0.1) is 0 Å². The number of piperazine rings is 1. The highest BCUT2D eigenvalue weighted by Gasteiger charge is 2.29. The smallest absolute Gasteiger partial charge is 0.225 e. The van der Waals surface area contributed by atoms with Gasteiger partial charge < -0.3 is 9.80 Å². The van der Waals surface area contributed by atoms with Gasteiger partial charge in [0.25, 0.3) is 0 Å². The van der Waals surface area contributed by atoms with E-state index >= 15 is 0 Å². The Hall–Kier alpha value is -2.99. The molecule has 4 rings (SSSR count). The fraction of sp³-hybridized carbons (Fsp3) is 0.318. The van der Waals surface area contributed by atoms with Crippen molar-refractivity contribution in [2.24, 2.45) is 0 Å². The van der Waals surface area contributed by atoms with Crippen molar-refractivity contribution >= 4 is 16.8 Å². The Labute approximate surface area is 164 Å². The number of amides is 1. The predicted octanol–water partition coefficient (Wildman–Crippen LogP) is 2.30. The Morgan fingerprint density at radius 1 is 1.07 bits per heavy atom. The van der Waals surface area contributed by atoms with Gasteiger partial charge in [0.15, 0.2) is 0 Å². The molecule has 1 atom stereocenters. The lowest BCUT2D eigenvalue weighted by molar-refractivity contribution is -0.136. The maximum atomic E-state index is 13.1. The quantitative estimate of drug-likeness (QED) is 0.701. The van der Waals surface area contributed by atoms with Crippen molar-refractivity contribution in [3.05, 3.63) is 76.6 Å². The molecule has 6 heteroatoms. The van der Waals surface area contributed by atoms with Crippen molar-refractivity contribution in [3.8, 4) is 0 Å². The van der Waals surface area contributed by atoms with E-state index in [4.69, 9.17) is 0 Å². The molecule has 1 fully saturated rings. The van der Waals surface area contributed by atoms with Crippen molar-refractivity contribution in [3.63, 3.8) is 0 Å². The fourth-order valence-corrected chi connectivity index (χ4v) is 3.86. The first-order valence-electron chi connectivity index (χ1n) is 9.61. The maximum Gasteiger partial charge on any atom is 0.225 e. The normalized spacial score (nSPS) is 17.8. The van der Waals surface area contributed by atoms with Crippen LogP contribution in [0.2, 0.25) is 0 Å². The van der Waals surface area contributed by atoms with Crippen LogP contribution in [0.25, 0.3) is 10.9 Å². The maximum absolute atomic E-state index is 13.1. The van der Waals surface area contributed by atoms with Crippen LogP contribution in [0.5, 0.6) is 0 Å². The molecule has 1 aliphatic heterocycles. The van der Waals surface area contributed by atoms with E-state index in [-0.39, 0.29) is 17.4 Å². The highest BCUT2D eigenvalue weighted by molar-refractivity contribution is 5.79. The highest BCUT2D eigenvalue weighted by Crippen LogP contribution is 2.25. The molecule has 144 valence electrons. The van der Waals surface area contributed by atoms with Crippen LogP contribution in [0.1, 0.15) is 18.0 Å². The van der Waals surface area contributed by atoms with E-state index in [2.05, 4.69) is 29.2 Å². The zero-order valence-corrected chi connectivity index (χ0v) is 16.0. The number of carbonyl (C=O) groups is 1. The number of aromatic nitrogens is 2. The van der Waals surface area contributed by atoms with Crippen LogP contribution in [-0.2, 0) is 11.3 Å². The summed E-state index contributed by atoms with van der Waals surface area (Å²) in [7, 11) is 2.09. The molecular formula is C22H24N4O2. The summed E-state index contributed by atoms with van der Waals surface area (Å²) in [6.45, 7) is 2.87. The summed E-state index contributed by atoms with van der Waals surface area (Å²) in [6.07, 6.45) is 1.68. The first-order valence-corrected chi connectivity index (χ1v) is 9.61. The van der Waals surface area contributed by atoms with Crippen molar-refractivity contribution in [1.82, 2.24) is 19.6 Å².